The number of nitrogens with one attached hydrogen (secondary N) is 1. The number of nitrogens with zero attached hydrogens (tertiary/aromatic N) is 2. The van der Waals surface area contributed by atoms with Gasteiger partial charge in [-0.1, -0.05) is 20.3 Å². The lowest BCUT2D eigenvalue weighted by molar-refractivity contribution is 0.444. The summed E-state index contributed by atoms with van der Waals surface area (Å²) in [6.07, 6.45) is 5.65. The van der Waals surface area contributed by atoms with E-state index in [1.54, 1.807) is 16.4 Å². The molecule has 0 saturated carbocycles. The maximum absolute atomic E-state index is 12.6. The minimum atomic E-state index is -3.38. The van der Waals surface area contributed by atoms with E-state index in [1.807, 2.05) is 0 Å². The molecule has 21 heavy (non-hydrogen) atoms. The summed E-state index contributed by atoms with van der Waals surface area (Å²) in [7, 11) is -3.38. The second-order valence-corrected chi connectivity index (χ2v) is 7.55. The van der Waals surface area contributed by atoms with E-state index in [1.165, 1.54) is 6.20 Å². The number of rotatable bonds is 7. The summed E-state index contributed by atoms with van der Waals surface area (Å²) in [5.41, 5.74) is 0. The van der Waals surface area contributed by atoms with Crippen LogP contribution in [-0.2, 0) is 10.0 Å². The molecule has 1 aromatic rings. The Kier molecular flexibility index (Phi) is 5.58. The van der Waals surface area contributed by atoms with Crippen LogP contribution in [0.1, 0.15) is 39.5 Å². The quantitative estimate of drug-likeness (QED) is 0.841. The standard InChI is InChI=1S/C15H25N3O2S/c1-3-5-13-8-10-18(12-13)21(19,20)14-6-7-15(17-11-14)16-9-4-2/h6-7,11,13H,3-5,8-10,12H2,1-2H3,(H,16,17). The second kappa shape index (κ2) is 7.22. The monoisotopic (exact) mass is 311 g/mol. The van der Waals surface area contributed by atoms with Gasteiger partial charge in [0.1, 0.15) is 10.7 Å². The molecule has 0 aliphatic carbocycles. The van der Waals surface area contributed by atoms with Gasteiger partial charge in [0.05, 0.1) is 0 Å². The van der Waals surface area contributed by atoms with Crippen LogP contribution >= 0.6 is 0 Å². The summed E-state index contributed by atoms with van der Waals surface area (Å²) < 4.78 is 26.8. The Hall–Kier alpha value is -1.14. The van der Waals surface area contributed by atoms with Crippen molar-refractivity contribution in [2.24, 2.45) is 5.92 Å². The van der Waals surface area contributed by atoms with Gasteiger partial charge in [0.2, 0.25) is 10.0 Å². The molecule has 0 radical (unpaired) electrons. The number of anilines is 1. The van der Waals surface area contributed by atoms with E-state index in [9.17, 15) is 8.42 Å². The molecule has 1 aliphatic heterocycles. The van der Waals surface area contributed by atoms with Crippen LogP contribution in [0.3, 0.4) is 0 Å². The van der Waals surface area contributed by atoms with Crippen LogP contribution in [0.4, 0.5) is 5.82 Å². The summed E-state index contributed by atoms with van der Waals surface area (Å²) >= 11 is 0. The highest BCUT2D eigenvalue weighted by molar-refractivity contribution is 7.89. The lowest BCUT2D eigenvalue weighted by Gasteiger charge is -2.16. The number of hydrogen-bond acceptors (Lipinski definition) is 4. The van der Waals surface area contributed by atoms with E-state index in [2.05, 4.69) is 24.1 Å². The van der Waals surface area contributed by atoms with Gasteiger partial charge in [0, 0.05) is 25.8 Å². The zero-order chi connectivity index (χ0) is 15.3. The van der Waals surface area contributed by atoms with E-state index < -0.39 is 10.0 Å². The molecule has 0 aromatic carbocycles. The van der Waals surface area contributed by atoms with Crippen LogP contribution < -0.4 is 5.32 Å². The Morgan fingerprint density at radius 1 is 1.33 bits per heavy atom. The van der Waals surface area contributed by atoms with Crippen molar-refractivity contribution in [3.8, 4) is 0 Å². The average Bonchev–Trinajstić information content (AvgIpc) is 2.95. The molecule has 1 saturated heterocycles. The van der Waals surface area contributed by atoms with Gasteiger partial charge < -0.3 is 5.32 Å². The first-order valence-electron chi connectivity index (χ1n) is 7.78. The Labute approximate surface area is 127 Å². The van der Waals surface area contributed by atoms with Crippen molar-refractivity contribution < 1.29 is 8.42 Å². The molecule has 1 atom stereocenters. The van der Waals surface area contributed by atoms with Gasteiger partial charge >= 0.3 is 0 Å². The van der Waals surface area contributed by atoms with Crippen molar-refractivity contribution in [1.29, 1.82) is 0 Å². The molecule has 118 valence electrons. The molecule has 1 N–H and O–H groups in total. The van der Waals surface area contributed by atoms with Crippen molar-refractivity contribution in [1.82, 2.24) is 9.29 Å². The van der Waals surface area contributed by atoms with Gasteiger partial charge in [-0.15, -0.1) is 0 Å². The fourth-order valence-corrected chi connectivity index (χ4v) is 4.18. The number of pyridine rings is 1. The van der Waals surface area contributed by atoms with Crippen molar-refractivity contribution in [3.05, 3.63) is 18.3 Å². The topological polar surface area (TPSA) is 62.3 Å². The fourth-order valence-electron chi connectivity index (χ4n) is 2.70. The van der Waals surface area contributed by atoms with Gasteiger partial charge in [-0.25, -0.2) is 13.4 Å². The summed E-state index contributed by atoms with van der Waals surface area (Å²) in [6.45, 7) is 6.33. The molecule has 0 amide bonds. The molecule has 6 heteroatoms. The van der Waals surface area contributed by atoms with Gasteiger partial charge in [0.15, 0.2) is 0 Å². The first-order valence-corrected chi connectivity index (χ1v) is 9.22. The Bertz CT molecular complexity index is 543. The molecule has 1 aliphatic rings. The Balaban J connectivity index is 2.06. The zero-order valence-electron chi connectivity index (χ0n) is 12.9. The Morgan fingerprint density at radius 3 is 2.76 bits per heavy atom. The van der Waals surface area contributed by atoms with E-state index in [4.69, 9.17) is 0 Å². The first kappa shape index (κ1) is 16.2. The molecule has 1 unspecified atom stereocenters. The summed E-state index contributed by atoms with van der Waals surface area (Å²) in [6, 6.07) is 3.38. The maximum atomic E-state index is 12.6. The van der Waals surface area contributed by atoms with E-state index in [-0.39, 0.29) is 0 Å². The number of aromatic nitrogens is 1. The average molecular weight is 311 g/mol. The van der Waals surface area contributed by atoms with Crippen LogP contribution in [0.5, 0.6) is 0 Å². The first-order chi connectivity index (χ1) is 10.1. The largest absolute Gasteiger partial charge is 0.370 e. The van der Waals surface area contributed by atoms with Gasteiger partial charge in [-0.2, -0.15) is 4.31 Å². The lowest BCUT2D eigenvalue weighted by atomic mass is 10.0. The summed E-state index contributed by atoms with van der Waals surface area (Å²) in [5.74, 6) is 1.23. The SMILES string of the molecule is CCCNc1ccc(S(=O)(=O)N2CCC(CCC)C2)cn1. The summed E-state index contributed by atoms with van der Waals surface area (Å²) in [4.78, 5) is 4.49. The summed E-state index contributed by atoms with van der Waals surface area (Å²) in [5, 5.41) is 3.15. The Morgan fingerprint density at radius 2 is 2.14 bits per heavy atom. The third-order valence-corrected chi connectivity index (χ3v) is 5.72. The molecule has 2 heterocycles. The molecule has 0 spiro atoms. The second-order valence-electron chi connectivity index (χ2n) is 5.61. The molecule has 1 fully saturated rings. The highest BCUT2D eigenvalue weighted by Gasteiger charge is 2.32. The van der Waals surface area contributed by atoms with Crippen molar-refractivity contribution in [3.63, 3.8) is 0 Å². The molecule has 5 nitrogen and oxygen atoms in total. The fraction of sp³-hybridized carbons (Fsp3) is 0.667. The van der Waals surface area contributed by atoms with Crippen LogP contribution in [0, 0.1) is 5.92 Å². The zero-order valence-corrected chi connectivity index (χ0v) is 13.7. The van der Waals surface area contributed by atoms with Crippen LogP contribution in [0.2, 0.25) is 0 Å². The van der Waals surface area contributed by atoms with E-state index >= 15 is 0 Å². The van der Waals surface area contributed by atoms with Crippen LogP contribution in [0.25, 0.3) is 0 Å². The van der Waals surface area contributed by atoms with Crippen molar-refractivity contribution >= 4 is 15.8 Å². The third-order valence-electron chi connectivity index (χ3n) is 3.88. The van der Waals surface area contributed by atoms with E-state index in [0.717, 1.165) is 38.0 Å². The maximum Gasteiger partial charge on any atom is 0.244 e. The predicted molar refractivity (Wildman–Crippen MR) is 84.8 cm³/mol. The van der Waals surface area contributed by atoms with Gasteiger partial charge in [0.25, 0.3) is 0 Å². The van der Waals surface area contributed by atoms with Crippen molar-refractivity contribution in [2.45, 2.75) is 44.4 Å². The molecule has 2 rings (SSSR count). The van der Waals surface area contributed by atoms with Crippen molar-refractivity contribution in [2.75, 3.05) is 25.0 Å². The van der Waals surface area contributed by atoms with Crippen LogP contribution in [0.15, 0.2) is 23.2 Å². The van der Waals surface area contributed by atoms with E-state index in [0.29, 0.717) is 23.9 Å². The smallest absolute Gasteiger partial charge is 0.244 e. The van der Waals surface area contributed by atoms with Gasteiger partial charge in [-0.3, -0.25) is 0 Å². The normalized spacial score (nSPS) is 19.8. The third kappa shape index (κ3) is 3.95. The molecule has 0 bridgehead atoms. The lowest BCUT2D eigenvalue weighted by Crippen LogP contribution is -2.29. The van der Waals surface area contributed by atoms with Crippen LogP contribution in [-0.4, -0.2) is 37.3 Å². The molecular weight excluding hydrogens is 286 g/mol. The number of sulfonamides is 1. The predicted octanol–water partition coefficient (Wildman–Crippen LogP) is 2.71. The molecular formula is C15H25N3O2S. The minimum Gasteiger partial charge on any atom is -0.370 e. The van der Waals surface area contributed by atoms with Gasteiger partial charge in [-0.05, 0) is 37.3 Å². The number of hydrogen-bond donors (Lipinski definition) is 1. The molecule has 1 aromatic heterocycles. The highest BCUT2D eigenvalue weighted by atomic mass is 32.2. The highest BCUT2D eigenvalue weighted by Crippen LogP contribution is 2.26. The minimum absolute atomic E-state index is 0.293.